The quantitative estimate of drug-likeness (QED) is 0.809. The molecular formula is C17H17NO6. The third-order valence-electron chi connectivity index (χ3n) is 3.15. The van der Waals surface area contributed by atoms with E-state index >= 15 is 0 Å². The molecule has 0 fully saturated rings. The number of aromatic carboxylic acids is 1. The van der Waals surface area contributed by atoms with E-state index in [4.69, 9.17) is 19.3 Å². The first-order valence-electron chi connectivity index (χ1n) is 7.01. The van der Waals surface area contributed by atoms with Gasteiger partial charge in [-0.05, 0) is 42.5 Å². The molecule has 7 nitrogen and oxygen atoms in total. The number of anilines is 1. The van der Waals surface area contributed by atoms with Crippen molar-refractivity contribution in [2.24, 2.45) is 0 Å². The molecule has 7 heteroatoms. The average molecular weight is 331 g/mol. The lowest BCUT2D eigenvalue weighted by Gasteiger charge is -2.12. The third kappa shape index (κ3) is 4.39. The zero-order valence-electron chi connectivity index (χ0n) is 13.2. The zero-order chi connectivity index (χ0) is 17.5. The monoisotopic (exact) mass is 331 g/mol. The number of carbonyl (C=O) groups excluding carboxylic acids is 1. The maximum atomic E-state index is 12.0. The normalized spacial score (nSPS) is 9.92. The Kier molecular flexibility index (Phi) is 5.62. The Labute approximate surface area is 138 Å². The van der Waals surface area contributed by atoms with Crippen LogP contribution < -0.4 is 19.5 Å². The van der Waals surface area contributed by atoms with Crippen molar-refractivity contribution in [2.75, 3.05) is 26.1 Å². The van der Waals surface area contributed by atoms with Gasteiger partial charge in [0.1, 0.15) is 17.2 Å². The van der Waals surface area contributed by atoms with Crippen molar-refractivity contribution >= 4 is 17.6 Å². The van der Waals surface area contributed by atoms with Crippen LogP contribution in [-0.2, 0) is 4.79 Å². The molecule has 0 heterocycles. The summed E-state index contributed by atoms with van der Waals surface area (Å²) in [5, 5.41) is 11.6. The molecule has 2 aromatic rings. The SMILES string of the molecule is COc1ccc(OCC(=O)Nc2cc(C(=O)O)ccc2OC)cc1. The lowest BCUT2D eigenvalue weighted by molar-refractivity contribution is -0.118. The Morgan fingerprint density at radius 2 is 1.67 bits per heavy atom. The van der Waals surface area contributed by atoms with Crippen LogP contribution >= 0.6 is 0 Å². The van der Waals surface area contributed by atoms with Gasteiger partial charge in [0.05, 0.1) is 25.5 Å². The number of hydrogen-bond donors (Lipinski definition) is 2. The number of hydrogen-bond acceptors (Lipinski definition) is 5. The predicted octanol–water partition coefficient (Wildman–Crippen LogP) is 2.42. The molecule has 0 saturated heterocycles. The van der Waals surface area contributed by atoms with Crippen LogP contribution in [0.1, 0.15) is 10.4 Å². The highest BCUT2D eigenvalue weighted by Gasteiger charge is 2.12. The Morgan fingerprint density at radius 3 is 2.25 bits per heavy atom. The van der Waals surface area contributed by atoms with Gasteiger partial charge in [-0.3, -0.25) is 4.79 Å². The van der Waals surface area contributed by atoms with Gasteiger partial charge in [-0.25, -0.2) is 4.79 Å². The number of carbonyl (C=O) groups is 2. The fourth-order valence-electron chi connectivity index (χ4n) is 1.95. The van der Waals surface area contributed by atoms with E-state index in [1.165, 1.54) is 25.3 Å². The van der Waals surface area contributed by atoms with Crippen molar-refractivity contribution in [3.8, 4) is 17.2 Å². The van der Waals surface area contributed by atoms with Gasteiger partial charge in [0.2, 0.25) is 0 Å². The summed E-state index contributed by atoms with van der Waals surface area (Å²) >= 11 is 0. The first-order valence-corrected chi connectivity index (χ1v) is 7.01. The molecule has 0 unspecified atom stereocenters. The van der Waals surface area contributed by atoms with Gasteiger partial charge in [-0.15, -0.1) is 0 Å². The number of carboxylic acid groups (broad SMARTS) is 1. The molecule has 0 aliphatic rings. The van der Waals surface area contributed by atoms with E-state index in [-0.39, 0.29) is 17.9 Å². The van der Waals surface area contributed by atoms with Crippen LogP contribution in [0.4, 0.5) is 5.69 Å². The van der Waals surface area contributed by atoms with Gasteiger partial charge in [-0.2, -0.15) is 0 Å². The van der Waals surface area contributed by atoms with Crippen molar-refractivity contribution in [1.29, 1.82) is 0 Å². The zero-order valence-corrected chi connectivity index (χ0v) is 13.2. The highest BCUT2D eigenvalue weighted by atomic mass is 16.5. The van der Waals surface area contributed by atoms with Gasteiger partial charge >= 0.3 is 5.97 Å². The summed E-state index contributed by atoms with van der Waals surface area (Å²) in [4.78, 5) is 23.0. The second-order valence-electron chi connectivity index (χ2n) is 4.73. The first-order chi connectivity index (χ1) is 11.5. The van der Waals surface area contributed by atoms with Gasteiger partial charge in [0.25, 0.3) is 5.91 Å². The number of methoxy groups -OCH3 is 2. The fraction of sp³-hybridized carbons (Fsp3) is 0.176. The minimum Gasteiger partial charge on any atom is -0.497 e. The molecule has 0 spiro atoms. The summed E-state index contributed by atoms with van der Waals surface area (Å²) in [6.07, 6.45) is 0. The van der Waals surface area contributed by atoms with Crippen molar-refractivity contribution in [3.05, 3.63) is 48.0 Å². The highest BCUT2D eigenvalue weighted by molar-refractivity contribution is 5.96. The summed E-state index contributed by atoms with van der Waals surface area (Å²) in [7, 11) is 2.99. The predicted molar refractivity (Wildman–Crippen MR) is 87.1 cm³/mol. The summed E-state index contributed by atoms with van der Waals surface area (Å²) in [6, 6.07) is 11.0. The molecule has 0 saturated carbocycles. The molecular weight excluding hydrogens is 314 g/mol. The smallest absolute Gasteiger partial charge is 0.335 e. The Bertz CT molecular complexity index is 726. The van der Waals surface area contributed by atoms with Crippen LogP contribution in [0.2, 0.25) is 0 Å². The molecule has 0 bridgehead atoms. The number of amides is 1. The van der Waals surface area contributed by atoms with Crippen molar-refractivity contribution < 1.29 is 28.9 Å². The number of rotatable bonds is 7. The van der Waals surface area contributed by atoms with Gasteiger partial charge in [0, 0.05) is 0 Å². The van der Waals surface area contributed by atoms with E-state index in [1.807, 2.05) is 0 Å². The molecule has 126 valence electrons. The van der Waals surface area contributed by atoms with E-state index in [2.05, 4.69) is 5.32 Å². The van der Waals surface area contributed by atoms with Crippen LogP contribution in [0.25, 0.3) is 0 Å². The molecule has 2 aromatic carbocycles. The number of nitrogens with one attached hydrogen (secondary N) is 1. The Hall–Kier alpha value is -3.22. The number of ether oxygens (including phenoxy) is 3. The second kappa shape index (κ2) is 7.87. The Balaban J connectivity index is 2.00. The van der Waals surface area contributed by atoms with Gasteiger partial charge in [-0.1, -0.05) is 0 Å². The van der Waals surface area contributed by atoms with E-state index in [1.54, 1.807) is 31.4 Å². The molecule has 0 aromatic heterocycles. The summed E-state index contributed by atoms with van der Waals surface area (Å²) in [5.41, 5.74) is 0.308. The van der Waals surface area contributed by atoms with Crippen LogP contribution in [-0.4, -0.2) is 37.8 Å². The largest absolute Gasteiger partial charge is 0.497 e. The standard InChI is InChI=1S/C17H17NO6/c1-22-12-4-6-13(7-5-12)24-10-16(19)18-14-9-11(17(20)21)3-8-15(14)23-2/h3-9H,10H2,1-2H3,(H,18,19)(H,20,21). The summed E-state index contributed by atoms with van der Waals surface area (Å²) in [6.45, 7) is -0.229. The third-order valence-corrected chi connectivity index (χ3v) is 3.15. The number of carboxylic acids is 1. The van der Waals surface area contributed by atoms with Crippen LogP contribution in [0.3, 0.4) is 0 Å². The molecule has 0 aliphatic heterocycles. The van der Waals surface area contributed by atoms with Crippen molar-refractivity contribution in [3.63, 3.8) is 0 Å². The molecule has 1 amide bonds. The van der Waals surface area contributed by atoms with Crippen molar-refractivity contribution in [1.82, 2.24) is 0 Å². The topological polar surface area (TPSA) is 94.1 Å². The number of benzene rings is 2. The van der Waals surface area contributed by atoms with Crippen LogP contribution in [0.15, 0.2) is 42.5 Å². The Morgan fingerprint density at radius 1 is 1.00 bits per heavy atom. The van der Waals surface area contributed by atoms with E-state index in [0.29, 0.717) is 17.2 Å². The van der Waals surface area contributed by atoms with Crippen LogP contribution in [0.5, 0.6) is 17.2 Å². The van der Waals surface area contributed by atoms with Crippen molar-refractivity contribution in [2.45, 2.75) is 0 Å². The van der Waals surface area contributed by atoms with E-state index in [0.717, 1.165) is 0 Å². The maximum absolute atomic E-state index is 12.0. The minimum absolute atomic E-state index is 0.0437. The molecule has 0 atom stereocenters. The lowest BCUT2D eigenvalue weighted by Crippen LogP contribution is -2.20. The van der Waals surface area contributed by atoms with Gasteiger partial charge in [0.15, 0.2) is 6.61 Å². The molecule has 0 aliphatic carbocycles. The minimum atomic E-state index is -1.09. The molecule has 0 radical (unpaired) electrons. The summed E-state index contributed by atoms with van der Waals surface area (Å²) < 4.78 is 15.5. The molecule has 2 rings (SSSR count). The fourth-order valence-corrected chi connectivity index (χ4v) is 1.95. The van der Waals surface area contributed by atoms with E-state index in [9.17, 15) is 9.59 Å². The first kappa shape index (κ1) is 17.1. The average Bonchev–Trinajstić information content (AvgIpc) is 2.60. The second-order valence-corrected chi connectivity index (χ2v) is 4.73. The van der Waals surface area contributed by atoms with Gasteiger partial charge < -0.3 is 24.6 Å². The lowest BCUT2D eigenvalue weighted by atomic mass is 10.2. The molecule has 24 heavy (non-hydrogen) atoms. The highest BCUT2D eigenvalue weighted by Crippen LogP contribution is 2.25. The van der Waals surface area contributed by atoms with E-state index < -0.39 is 11.9 Å². The van der Waals surface area contributed by atoms with Crippen LogP contribution in [0, 0.1) is 0 Å². The summed E-state index contributed by atoms with van der Waals surface area (Å²) in [5.74, 6) is 0.0197. The maximum Gasteiger partial charge on any atom is 0.335 e. The molecule has 2 N–H and O–H groups in total.